The third-order valence-corrected chi connectivity index (χ3v) is 5.67. The molecule has 1 N–H and O–H groups in total. The second-order valence-electron chi connectivity index (χ2n) is 6.98. The molecule has 4 rings (SSSR count). The van der Waals surface area contributed by atoms with Crippen LogP contribution in [-0.2, 0) is 17.8 Å². The summed E-state index contributed by atoms with van der Waals surface area (Å²) in [6.07, 6.45) is 4.44. The van der Waals surface area contributed by atoms with Crippen molar-refractivity contribution in [2.45, 2.75) is 31.8 Å². The number of halogens is 1. The van der Waals surface area contributed by atoms with Crippen LogP contribution < -0.4 is 10.7 Å². The summed E-state index contributed by atoms with van der Waals surface area (Å²) in [7, 11) is 0. The molecular weight excluding hydrogens is 418 g/mol. The van der Waals surface area contributed by atoms with E-state index in [1.165, 1.54) is 17.3 Å². The van der Waals surface area contributed by atoms with Gasteiger partial charge < -0.3 is 9.88 Å². The average Bonchev–Trinajstić information content (AvgIpc) is 2.70. The van der Waals surface area contributed by atoms with Crippen molar-refractivity contribution in [2.24, 2.45) is 0 Å². The third-order valence-electron chi connectivity index (χ3n) is 5.18. The SMILES string of the molecule is N#Cc1cn(CC(=O)NC2CCCc3ccccc32)c2ccc(Br)cc2c1=O. The van der Waals surface area contributed by atoms with E-state index in [1.807, 2.05) is 24.3 Å². The second kappa shape index (κ2) is 7.61. The zero-order chi connectivity index (χ0) is 19.7. The first kappa shape index (κ1) is 18.5. The number of nitriles is 1. The number of amides is 1. The lowest BCUT2D eigenvalue weighted by molar-refractivity contribution is -0.122. The van der Waals surface area contributed by atoms with Gasteiger partial charge in [-0.2, -0.15) is 5.26 Å². The summed E-state index contributed by atoms with van der Waals surface area (Å²) in [6, 6.07) is 15.4. The normalized spacial score (nSPS) is 15.6. The predicted octanol–water partition coefficient (Wildman–Crippen LogP) is 3.83. The highest BCUT2D eigenvalue weighted by Gasteiger charge is 2.21. The maximum Gasteiger partial charge on any atom is 0.240 e. The molecular formula is C22H18BrN3O2. The Bertz CT molecular complexity index is 1180. The van der Waals surface area contributed by atoms with Gasteiger partial charge in [0, 0.05) is 16.1 Å². The zero-order valence-corrected chi connectivity index (χ0v) is 16.7. The van der Waals surface area contributed by atoms with Crippen LogP contribution in [-0.4, -0.2) is 10.5 Å². The van der Waals surface area contributed by atoms with E-state index in [1.54, 1.807) is 16.7 Å². The molecule has 1 amide bonds. The maximum absolute atomic E-state index is 12.8. The number of aryl methyl sites for hydroxylation is 1. The van der Waals surface area contributed by atoms with E-state index in [0.717, 1.165) is 23.7 Å². The molecule has 1 aliphatic carbocycles. The number of hydrogen-bond donors (Lipinski definition) is 1. The smallest absolute Gasteiger partial charge is 0.240 e. The molecule has 0 bridgehead atoms. The lowest BCUT2D eigenvalue weighted by atomic mass is 9.88. The molecule has 0 spiro atoms. The minimum absolute atomic E-state index is 0.00678. The molecule has 0 aliphatic heterocycles. The van der Waals surface area contributed by atoms with Gasteiger partial charge in [-0.25, -0.2) is 0 Å². The van der Waals surface area contributed by atoms with Gasteiger partial charge in [-0.15, -0.1) is 0 Å². The molecule has 0 saturated heterocycles. The Labute approximate surface area is 170 Å². The molecule has 1 heterocycles. The monoisotopic (exact) mass is 435 g/mol. The molecule has 0 radical (unpaired) electrons. The number of carbonyl (C=O) groups is 1. The molecule has 1 aliphatic rings. The molecule has 0 fully saturated rings. The van der Waals surface area contributed by atoms with Crippen LogP contribution in [0.25, 0.3) is 10.9 Å². The third kappa shape index (κ3) is 3.46. The molecule has 140 valence electrons. The van der Waals surface area contributed by atoms with E-state index in [9.17, 15) is 14.9 Å². The van der Waals surface area contributed by atoms with Gasteiger partial charge in [-0.05, 0) is 48.6 Å². The Kier molecular flexibility index (Phi) is 5.01. The van der Waals surface area contributed by atoms with E-state index < -0.39 is 0 Å². The highest BCUT2D eigenvalue weighted by Crippen LogP contribution is 2.29. The number of hydrogen-bond acceptors (Lipinski definition) is 3. The number of aromatic nitrogens is 1. The number of fused-ring (bicyclic) bond motifs is 2. The number of rotatable bonds is 3. The Morgan fingerprint density at radius 3 is 2.93 bits per heavy atom. The molecule has 1 atom stereocenters. The van der Waals surface area contributed by atoms with E-state index >= 15 is 0 Å². The van der Waals surface area contributed by atoms with Crippen LogP contribution in [0.3, 0.4) is 0 Å². The Morgan fingerprint density at radius 2 is 2.11 bits per heavy atom. The first-order valence-corrected chi connectivity index (χ1v) is 9.96. The van der Waals surface area contributed by atoms with Gasteiger partial charge in [-0.1, -0.05) is 40.2 Å². The van der Waals surface area contributed by atoms with Crippen molar-refractivity contribution >= 4 is 32.7 Å². The van der Waals surface area contributed by atoms with Crippen molar-refractivity contribution in [1.29, 1.82) is 5.26 Å². The molecule has 0 saturated carbocycles. The van der Waals surface area contributed by atoms with E-state index in [-0.39, 0.29) is 29.5 Å². The quantitative estimate of drug-likeness (QED) is 0.678. The minimum Gasteiger partial charge on any atom is -0.348 e. The molecule has 3 aromatic rings. The van der Waals surface area contributed by atoms with Gasteiger partial charge in [-0.3, -0.25) is 9.59 Å². The number of pyridine rings is 1. The van der Waals surface area contributed by atoms with Crippen LogP contribution in [0, 0.1) is 11.3 Å². The Morgan fingerprint density at radius 1 is 1.29 bits per heavy atom. The summed E-state index contributed by atoms with van der Waals surface area (Å²) in [5.74, 6) is -0.140. The van der Waals surface area contributed by atoms with E-state index in [0.29, 0.717) is 10.9 Å². The highest BCUT2D eigenvalue weighted by molar-refractivity contribution is 9.10. The summed E-state index contributed by atoms with van der Waals surface area (Å²) in [5.41, 5.74) is 2.79. The van der Waals surface area contributed by atoms with Crippen molar-refractivity contribution in [2.75, 3.05) is 0 Å². The molecule has 6 heteroatoms. The number of nitrogens with one attached hydrogen (secondary N) is 1. The van der Waals surface area contributed by atoms with Crippen molar-refractivity contribution < 1.29 is 4.79 Å². The fraction of sp³-hybridized carbons (Fsp3) is 0.227. The second-order valence-corrected chi connectivity index (χ2v) is 7.90. The van der Waals surface area contributed by atoms with Gasteiger partial charge >= 0.3 is 0 Å². The number of nitrogens with zero attached hydrogens (tertiary/aromatic N) is 2. The van der Waals surface area contributed by atoms with Crippen LogP contribution >= 0.6 is 15.9 Å². The van der Waals surface area contributed by atoms with Gasteiger partial charge in [0.25, 0.3) is 0 Å². The molecule has 28 heavy (non-hydrogen) atoms. The zero-order valence-electron chi connectivity index (χ0n) is 15.1. The summed E-state index contributed by atoms with van der Waals surface area (Å²) >= 11 is 3.36. The van der Waals surface area contributed by atoms with Crippen LogP contribution in [0.1, 0.15) is 35.6 Å². The lowest BCUT2D eigenvalue weighted by Gasteiger charge is -2.26. The predicted molar refractivity (Wildman–Crippen MR) is 111 cm³/mol. The highest BCUT2D eigenvalue weighted by atomic mass is 79.9. The maximum atomic E-state index is 12.8. The molecule has 2 aromatic carbocycles. The standard InChI is InChI=1S/C22H18BrN3O2/c23-16-8-9-20-18(10-16)22(28)15(11-24)12-26(20)13-21(27)25-19-7-3-5-14-4-1-2-6-17(14)19/h1-2,4,6,8-10,12,19H,3,5,7,13H2,(H,25,27). The molecule has 5 nitrogen and oxygen atoms in total. The van der Waals surface area contributed by atoms with Gasteiger partial charge in [0.15, 0.2) is 0 Å². The summed E-state index contributed by atoms with van der Waals surface area (Å²) in [6.45, 7) is 0.0474. The van der Waals surface area contributed by atoms with Crippen molar-refractivity contribution in [1.82, 2.24) is 9.88 Å². The Balaban J connectivity index is 1.64. The van der Waals surface area contributed by atoms with Gasteiger partial charge in [0.05, 0.1) is 11.6 Å². The fourth-order valence-corrected chi connectivity index (χ4v) is 4.24. The largest absolute Gasteiger partial charge is 0.348 e. The summed E-state index contributed by atoms with van der Waals surface area (Å²) in [5, 5.41) is 12.8. The Hall–Kier alpha value is -2.91. The molecule has 1 unspecified atom stereocenters. The topological polar surface area (TPSA) is 74.9 Å². The summed E-state index contributed by atoms with van der Waals surface area (Å²) < 4.78 is 2.42. The minimum atomic E-state index is -0.323. The van der Waals surface area contributed by atoms with Crippen molar-refractivity contribution in [3.63, 3.8) is 0 Å². The number of carbonyl (C=O) groups excluding carboxylic acids is 1. The molecule has 1 aromatic heterocycles. The van der Waals surface area contributed by atoms with Gasteiger partial charge in [0.2, 0.25) is 11.3 Å². The summed E-state index contributed by atoms with van der Waals surface area (Å²) in [4.78, 5) is 25.2. The first-order valence-electron chi connectivity index (χ1n) is 9.17. The average molecular weight is 436 g/mol. The first-order chi connectivity index (χ1) is 13.6. The van der Waals surface area contributed by atoms with E-state index in [2.05, 4.69) is 33.4 Å². The van der Waals surface area contributed by atoms with Crippen molar-refractivity contribution in [3.05, 3.63) is 80.0 Å². The van der Waals surface area contributed by atoms with Gasteiger partial charge in [0.1, 0.15) is 18.2 Å². The van der Waals surface area contributed by atoms with E-state index in [4.69, 9.17) is 0 Å². The lowest BCUT2D eigenvalue weighted by Crippen LogP contribution is -2.33. The van der Waals surface area contributed by atoms with Crippen molar-refractivity contribution in [3.8, 4) is 6.07 Å². The van der Waals surface area contributed by atoms with Crippen LogP contribution in [0.5, 0.6) is 0 Å². The van der Waals surface area contributed by atoms with Crippen LogP contribution in [0.2, 0.25) is 0 Å². The van der Waals surface area contributed by atoms with Crippen LogP contribution in [0.4, 0.5) is 0 Å². The van der Waals surface area contributed by atoms with Crippen LogP contribution in [0.15, 0.2) is 57.9 Å². The fourth-order valence-electron chi connectivity index (χ4n) is 3.88. The number of benzene rings is 2.